The molecule has 1 atom stereocenters. The van der Waals surface area contributed by atoms with Gasteiger partial charge in [-0.05, 0) is 30.7 Å². The average Bonchev–Trinajstić information content (AvgIpc) is 2.82. The van der Waals surface area contributed by atoms with Gasteiger partial charge in [0.25, 0.3) is 0 Å². The van der Waals surface area contributed by atoms with Gasteiger partial charge in [0.1, 0.15) is 0 Å². The van der Waals surface area contributed by atoms with E-state index in [1.165, 1.54) is 16.5 Å². The van der Waals surface area contributed by atoms with E-state index in [1.54, 1.807) is 0 Å². The molecule has 0 amide bonds. The van der Waals surface area contributed by atoms with E-state index in [1.807, 2.05) is 0 Å². The van der Waals surface area contributed by atoms with Crippen LogP contribution in [0.5, 0.6) is 0 Å². The maximum Gasteiger partial charge on any atom is 0.0458 e. The standard InChI is InChI=1S/C14H18BrN3.2ClH/c1-10(18-6-4-16-5-7-18)13-9-17-14-3-2-11(15)8-12(13)14;;/h2-3,8-10,16-17H,4-7H2,1H3;2*1H/t10-;;/m1../s1. The van der Waals surface area contributed by atoms with Gasteiger partial charge in [0.2, 0.25) is 0 Å². The van der Waals surface area contributed by atoms with E-state index < -0.39 is 0 Å². The van der Waals surface area contributed by atoms with E-state index in [0.717, 1.165) is 30.7 Å². The zero-order valence-electron chi connectivity index (χ0n) is 11.4. The van der Waals surface area contributed by atoms with E-state index in [9.17, 15) is 0 Å². The minimum Gasteiger partial charge on any atom is -0.361 e. The summed E-state index contributed by atoms with van der Waals surface area (Å²) in [5.74, 6) is 0. The van der Waals surface area contributed by atoms with Gasteiger partial charge in [-0.2, -0.15) is 0 Å². The molecular weight excluding hydrogens is 361 g/mol. The Bertz CT molecular complexity index is 552. The van der Waals surface area contributed by atoms with Crippen molar-refractivity contribution in [3.05, 3.63) is 34.4 Å². The van der Waals surface area contributed by atoms with Crippen molar-refractivity contribution in [1.29, 1.82) is 0 Å². The molecule has 1 aromatic carbocycles. The fraction of sp³-hybridized carbons (Fsp3) is 0.429. The Hall–Kier alpha value is -0.260. The molecule has 1 saturated heterocycles. The topological polar surface area (TPSA) is 31.1 Å². The first-order chi connectivity index (χ1) is 8.75. The Balaban J connectivity index is 0.000001000. The summed E-state index contributed by atoms with van der Waals surface area (Å²) in [6.07, 6.45) is 2.16. The van der Waals surface area contributed by atoms with Crippen molar-refractivity contribution in [2.75, 3.05) is 26.2 Å². The predicted molar refractivity (Wildman–Crippen MR) is 93.4 cm³/mol. The van der Waals surface area contributed by atoms with Crippen LogP contribution in [0.25, 0.3) is 10.9 Å². The Morgan fingerprint density at radius 3 is 2.60 bits per heavy atom. The number of halogens is 3. The summed E-state index contributed by atoms with van der Waals surface area (Å²) in [5, 5.41) is 4.73. The predicted octanol–water partition coefficient (Wildman–Crippen LogP) is 3.74. The summed E-state index contributed by atoms with van der Waals surface area (Å²) in [7, 11) is 0. The quantitative estimate of drug-likeness (QED) is 0.831. The number of piperazine rings is 1. The number of benzene rings is 1. The molecule has 0 unspecified atom stereocenters. The van der Waals surface area contributed by atoms with Crippen LogP contribution in [0.1, 0.15) is 18.5 Å². The van der Waals surface area contributed by atoms with Gasteiger partial charge in [-0.1, -0.05) is 15.9 Å². The Morgan fingerprint density at radius 2 is 1.90 bits per heavy atom. The van der Waals surface area contributed by atoms with Gasteiger partial charge in [-0.3, -0.25) is 4.90 Å². The average molecular weight is 381 g/mol. The summed E-state index contributed by atoms with van der Waals surface area (Å²) < 4.78 is 1.14. The molecule has 0 saturated carbocycles. The molecule has 1 aliphatic heterocycles. The highest BCUT2D eigenvalue weighted by molar-refractivity contribution is 9.10. The van der Waals surface area contributed by atoms with Crippen molar-refractivity contribution >= 4 is 51.6 Å². The highest BCUT2D eigenvalue weighted by Crippen LogP contribution is 2.30. The monoisotopic (exact) mass is 379 g/mol. The summed E-state index contributed by atoms with van der Waals surface area (Å²) >= 11 is 3.56. The summed E-state index contributed by atoms with van der Waals surface area (Å²) in [4.78, 5) is 5.91. The van der Waals surface area contributed by atoms with Crippen LogP contribution in [-0.4, -0.2) is 36.1 Å². The number of fused-ring (bicyclic) bond motifs is 1. The third-order valence-electron chi connectivity index (χ3n) is 3.83. The van der Waals surface area contributed by atoms with Crippen LogP contribution in [0.3, 0.4) is 0 Å². The SMILES string of the molecule is C[C@H](c1c[nH]c2ccc(Br)cc12)N1CCNCC1.Cl.Cl. The summed E-state index contributed by atoms with van der Waals surface area (Å²) in [6, 6.07) is 6.89. The van der Waals surface area contributed by atoms with Crippen LogP contribution in [-0.2, 0) is 0 Å². The van der Waals surface area contributed by atoms with Crippen LogP contribution >= 0.6 is 40.7 Å². The van der Waals surface area contributed by atoms with Crippen LogP contribution in [0.2, 0.25) is 0 Å². The highest BCUT2D eigenvalue weighted by atomic mass is 79.9. The number of H-pyrrole nitrogens is 1. The molecule has 0 radical (unpaired) electrons. The van der Waals surface area contributed by atoms with Crippen LogP contribution in [0, 0.1) is 0 Å². The Kier molecular flexibility index (Phi) is 6.82. The van der Waals surface area contributed by atoms with Gasteiger partial charge in [0, 0.05) is 53.8 Å². The minimum atomic E-state index is 0. The first-order valence-corrected chi connectivity index (χ1v) is 7.26. The zero-order valence-corrected chi connectivity index (χ0v) is 14.6. The number of nitrogens with one attached hydrogen (secondary N) is 2. The highest BCUT2D eigenvalue weighted by Gasteiger charge is 2.20. The molecule has 6 heteroatoms. The first-order valence-electron chi connectivity index (χ1n) is 6.47. The second-order valence-corrected chi connectivity index (χ2v) is 5.81. The molecule has 2 aromatic rings. The number of hydrogen-bond donors (Lipinski definition) is 2. The van der Waals surface area contributed by atoms with Gasteiger partial charge in [-0.15, -0.1) is 24.8 Å². The van der Waals surface area contributed by atoms with E-state index >= 15 is 0 Å². The molecule has 1 aliphatic rings. The molecular formula is C14H20BrCl2N3. The maximum absolute atomic E-state index is 3.56. The number of hydrogen-bond acceptors (Lipinski definition) is 2. The van der Waals surface area contributed by atoms with Crippen molar-refractivity contribution in [2.45, 2.75) is 13.0 Å². The zero-order chi connectivity index (χ0) is 12.5. The number of nitrogens with zero attached hydrogens (tertiary/aromatic N) is 1. The van der Waals surface area contributed by atoms with Crippen molar-refractivity contribution in [3.8, 4) is 0 Å². The molecule has 2 heterocycles. The van der Waals surface area contributed by atoms with Crippen LogP contribution in [0.4, 0.5) is 0 Å². The number of aromatic amines is 1. The lowest BCUT2D eigenvalue weighted by atomic mass is 10.1. The molecule has 1 fully saturated rings. The van der Waals surface area contributed by atoms with Crippen LogP contribution < -0.4 is 5.32 Å². The molecule has 2 N–H and O–H groups in total. The third kappa shape index (κ3) is 3.49. The lowest BCUT2D eigenvalue weighted by Crippen LogP contribution is -2.44. The van der Waals surface area contributed by atoms with Gasteiger partial charge in [-0.25, -0.2) is 0 Å². The minimum absolute atomic E-state index is 0. The second-order valence-electron chi connectivity index (χ2n) is 4.90. The molecule has 112 valence electrons. The third-order valence-corrected chi connectivity index (χ3v) is 4.32. The Labute approximate surface area is 140 Å². The molecule has 1 aromatic heterocycles. The van der Waals surface area contributed by atoms with Crippen LogP contribution in [0.15, 0.2) is 28.9 Å². The largest absolute Gasteiger partial charge is 0.361 e. The van der Waals surface area contributed by atoms with Gasteiger partial charge in [0.05, 0.1) is 0 Å². The Morgan fingerprint density at radius 1 is 1.20 bits per heavy atom. The van der Waals surface area contributed by atoms with E-state index in [4.69, 9.17) is 0 Å². The first kappa shape index (κ1) is 17.8. The van der Waals surface area contributed by atoms with Crippen molar-refractivity contribution in [3.63, 3.8) is 0 Å². The van der Waals surface area contributed by atoms with Crippen molar-refractivity contribution in [1.82, 2.24) is 15.2 Å². The molecule has 0 spiro atoms. The van der Waals surface area contributed by atoms with E-state index in [0.29, 0.717) is 6.04 Å². The molecule has 3 nitrogen and oxygen atoms in total. The maximum atomic E-state index is 3.56. The van der Waals surface area contributed by atoms with Crippen molar-refractivity contribution < 1.29 is 0 Å². The van der Waals surface area contributed by atoms with Gasteiger partial charge >= 0.3 is 0 Å². The van der Waals surface area contributed by atoms with E-state index in [-0.39, 0.29) is 24.8 Å². The molecule has 0 aliphatic carbocycles. The summed E-state index contributed by atoms with van der Waals surface area (Å²) in [6.45, 7) is 6.74. The summed E-state index contributed by atoms with van der Waals surface area (Å²) in [5.41, 5.74) is 2.61. The molecule has 20 heavy (non-hydrogen) atoms. The molecule has 3 rings (SSSR count). The molecule has 0 bridgehead atoms. The number of rotatable bonds is 2. The fourth-order valence-electron chi connectivity index (χ4n) is 2.73. The fourth-order valence-corrected chi connectivity index (χ4v) is 3.09. The van der Waals surface area contributed by atoms with Gasteiger partial charge in [0.15, 0.2) is 0 Å². The van der Waals surface area contributed by atoms with E-state index in [2.05, 4.69) is 62.5 Å². The second kappa shape index (κ2) is 7.66. The number of aromatic nitrogens is 1. The van der Waals surface area contributed by atoms with Crippen molar-refractivity contribution in [2.24, 2.45) is 0 Å². The lowest BCUT2D eigenvalue weighted by molar-refractivity contribution is 0.186. The normalized spacial score (nSPS) is 17.3. The smallest absolute Gasteiger partial charge is 0.0458 e. The van der Waals surface area contributed by atoms with Gasteiger partial charge < -0.3 is 10.3 Å². The lowest BCUT2D eigenvalue weighted by Gasteiger charge is -2.32.